The molecular weight excluding hydrogens is 485 g/mol. The van der Waals surface area contributed by atoms with Crippen molar-refractivity contribution in [1.82, 2.24) is 0 Å². The zero-order valence-corrected chi connectivity index (χ0v) is 16.8. The highest BCUT2D eigenvalue weighted by molar-refractivity contribution is 14.1. The third kappa shape index (κ3) is 5.74. The Bertz CT molecular complexity index is 747. The zero-order chi connectivity index (χ0) is 19.4. The number of ether oxygens (including phenoxy) is 2. The van der Waals surface area contributed by atoms with Gasteiger partial charge in [-0.05, 0) is 59.5 Å². The lowest BCUT2D eigenvalue weighted by molar-refractivity contribution is -0.00952. The molecule has 0 bridgehead atoms. The molecule has 1 aromatic rings. The number of rotatable bonds is 7. The summed E-state index contributed by atoms with van der Waals surface area (Å²) in [6.45, 7) is -1.26. The molecule has 146 valence electrons. The third-order valence-corrected chi connectivity index (χ3v) is 5.88. The fraction of sp³-hybridized carbons (Fsp3) is 0.562. The molecule has 1 N–H and O–H groups in total. The van der Waals surface area contributed by atoms with E-state index in [0.29, 0.717) is 18.3 Å². The molecule has 0 atom stereocenters. The molecule has 0 amide bonds. The highest BCUT2D eigenvalue weighted by atomic mass is 127. The number of halogens is 3. The van der Waals surface area contributed by atoms with Crippen molar-refractivity contribution in [1.29, 1.82) is 0 Å². The first-order valence-electron chi connectivity index (χ1n) is 8.04. The second kappa shape index (κ2) is 8.79. The van der Waals surface area contributed by atoms with Crippen LogP contribution in [0.3, 0.4) is 0 Å². The average Bonchev–Trinajstić information content (AvgIpc) is 2.59. The van der Waals surface area contributed by atoms with E-state index in [1.54, 1.807) is 6.07 Å². The van der Waals surface area contributed by atoms with Crippen LogP contribution >= 0.6 is 22.6 Å². The number of carbonyl (C=O) groups is 1. The smallest absolute Gasteiger partial charge is 0.402 e. The van der Waals surface area contributed by atoms with E-state index in [2.05, 4.69) is 4.74 Å². The minimum Gasteiger partial charge on any atom is -0.492 e. The number of alkyl halides is 2. The Morgan fingerprint density at radius 1 is 1.27 bits per heavy atom. The number of hydrogen-bond acceptors (Lipinski definition) is 5. The molecule has 1 aliphatic rings. The van der Waals surface area contributed by atoms with Crippen molar-refractivity contribution in [3.05, 3.63) is 27.3 Å². The van der Waals surface area contributed by atoms with Gasteiger partial charge in [0.15, 0.2) is 6.61 Å². The molecule has 0 unspecified atom stereocenters. The van der Waals surface area contributed by atoms with E-state index in [-0.39, 0.29) is 5.56 Å². The summed E-state index contributed by atoms with van der Waals surface area (Å²) < 4.78 is 66.6. The molecule has 1 aliphatic carbocycles. The van der Waals surface area contributed by atoms with Gasteiger partial charge < -0.3 is 9.47 Å². The van der Waals surface area contributed by atoms with E-state index in [0.717, 1.165) is 16.4 Å². The van der Waals surface area contributed by atoms with Gasteiger partial charge in [0.1, 0.15) is 5.75 Å². The summed E-state index contributed by atoms with van der Waals surface area (Å²) in [7, 11) is -5.65. The van der Waals surface area contributed by atoms with E-state index in [4.69, 9.17) is 9.29 Å². The molecule has 6 nitrogen and oxygen atoms in total. The maximum Gasteiger partial charge on any atom is 0.402 e. The number of esters is 1. The van der Waals surface area contributed by atoms with Gasteiger partial charge in [-0.1, -0.05) is 19.3 Å². The van der Waals surface area contributed by atoms with Crippen molar-refractivity contribution in [3.8, 4) is 5.75 Å². The Kier molecular flexibility index (Phi) is 7.19. The van der Waals surface area contributed by atoms with Crippen molar-refractivity contribution < 1.29 is 36.0 Å². The van der Waals surface area contributed by atoms with E-state index in [1.807, 2.05) is 22.6 Å². The lowest BCUT2D eigenvalue weighted by Gasteiger charge is -2.22. The number of hydrogen-bond donors (Lipinski definition) is 1. The van der Waals surface area contributed by atoms with Crippen molar-refractivity contribution in [2.24, 2.45) is 5.92 Å². The second-order valence-electron chi connectivity index (χ2n) is 6.15. The fourth-order valence-electron chi connectivity index (χ4n) is 2.61. The van der Waals surface area contributed by atoms with Gasteiger partial charge in [0.2, 0.25) is 0 Å². The summed E-state index contributed by atoms with van der Waals surface area (Å²) in [4.78, 5) is 11.9. The van der Waals surface area contributed by atoms with Crippen LogP contribution in [0.2, 0.25) is 0 Å². The van der Waals surface area contributed by atoms with Crippen LogP contribution < -0.4 is 4.74 Å². The number of carbonyl (C=O) groups excluding carboxylic acids is 1. The van der Waals surface area contributed by atoms with Crippen LogP contribution in [0.4, 0.5) is 8.78 Å². The van der Waals surface area contributed by atoms with Crippen LogP contribution in [0.15, 0.2) is 18.2 Å². The van der Waals surface area contributed by atoms with Gasteiger partial charge in [0.25, 0.3) is 0 Å². The zero-order valence-electron chi connectivity index (χ0n) is 13.8. The Balaban J connectivity index is 1.99. The molecular formula is C16H19F2IO6S. The van der Waals surface area contributed by atoms with Gasteiger partial charge in [-0.3, -0.25) is 4.55 Å². The Hall–Kier alpha value is -1.01. The van der Waals surface area contributed by atoms with Crippen LogP contribution in [-0.2, 0) is 14.9 Å². The molecule has 0 spiro atoms. The van der Waals surface area contributed by atoms with Crippen LogP contribution in [0.25, 0.3) is 0 Å². The minimum absolute atomic E-state index is 0.0461. The van der Waals surface area contributed by atoms with Gasteiger partial charge in [0, 0.05) is 0 Å². The molecule has 2 rings (SSSR count). The molecule has 1 aromatic carbocycles. The number of benzene rings is 1. The first-order chi connectivity index (χ1) is 12.1. The van der Waals surface area contributed by atoms with E-state index in [9.17, 15) is 22.0 Å². The highest BCUT2D eigenvalue weighted by Gasteiger charge is 2.45. The van der Waals surface area contributed by atoms with Crippen LogP contribution in [-0.4, -0.2) is 37.4 Å². The first-order valence-corrected chi connectivity index (χ1v) is 10.6. The van der Waals surface area contributed by atoms with E-state index < -0.39 is 27.9 Å². The van der Waals surface area contributed by atoms with E-state index in [1.165, 1.54) is 31.4 Å². The predicted molar refractivity (Wildman–Crippen MR) is 98.0 cm³/mol. The molecule has 26 heavy (non-hydrogen) atoms. The quantitative estimate of drug-likeness (QED) is 0.345. The monoisotopic (exact) mass is 504 g/mol. The average molecular weight is 504 g/mol. The molecule has 0 radical (unpaired) electrons. The Morgan fingerprint density at radius 3 is 2.54 bits per heavy atom. The summed E-state index contributed by atoms with van der Waals surface area (Å²) >= 11 is 2.03. The highest BCUT2D eigenvalue weighted by Crippen LogP contribution is 2.28. The van der Waals surface area contributed by atoms with Crippen LogP contribution in [0.5, 0.6) is 5.75 Å². The summed E-state index contributed by atoms with van der Waals surface area (Å²) in [6, 6.07) is 4.32. The topological polar surface area (TPSA) is 89.9 Å². The van der Waals surface area contributed by atoms with Gasteiger partial charge >= 0.3 is 21.3 Å². The molecule has 10 heteroatoms. The summed E-state index contributed by atoms with van der Waals surface area (Å²) in [5, 5.41) is -4.56. The molecule has 0 aliphatic heterocycles. The van der Waals surface area contributed by atoms with Gasteiger partial charge in [-0.25, -0.2) is 4.79 Å². The third-order valence-electron chi connectivity index (χ3n) is 4.11. The maximum atomic E-state index is 13.1. The standard InChI is InChI=1S/C16H19F2IO6S/c17-16(18,26(21,22)23)10-25-15(20)12-6-7-13(19)14(8-12)24-9-11-4-2-1-3-5-11/h6-8,11H,1-5,9-10H2,(H,21,22,23). The van der Waals surface area contributed by atoms with Crippen LogP contribution in [0, 0.1) is 9.49 Å². The van der Waals surface area contributed by atoms with E-state index >= 15 is 0 Å². The lowest BCUT2D eigenvalue weighted by atomic mass is 9.90. The second-order valence-corrected chi connectivity index (χ2v) is 8.86. The fourth-order valence-corrected chi connectivity index (χ4v) is 3.31. The van der Waals surface area contributed by atoms with Gasteiger partial charge in [-0.2, -0.15) is 17.2 Å². The van der Waals surface area contributed by atoms with Crippen LogP contribution in [0.1, 0.15) is 42.5 Å². The Morgan fingerprint density at radius 2 is 1.92 bits per heavy atom. The lowest BCUT2D eigenvalue weighted by Crippen LogP contribution is -2.34. The van der Waals surface area contributed by atoms with Gasteiger partial charge in [-0.15, -0.1) is 0 Å². The molecule has 0 heterocycles. The largest absolute Gasteiger partial charge is 0.492 e. The van der Waals surface area contributed by atoms with Crippen molar-refractivity contribution in [2.75, 3.05) is 13.2 Å². The summed E-state index contributed by atoms with van der Waals surface area (Å²) in [6.07, 6.45) is 5.73. The normalized spacial score (nSPS) is 16.3. The SMILES string of the molecule is O=C(OCC(F)(F)S(=O)(=O)O)c1ccc(I)c(OCC2CCCCC2)c1. The van der Waals surface area contributed by atoms with Crippen molar-refractivity contribution in [3.63, 3.8) is 0 Å². The molecule has 0 aromatic heterocycles. The maximum absolute atomic E-state index is 13.1. The first kappa shape index (κ1) is 21.3. The summed E-state index contributed by atoms with van der Waals surface area (Å²) in [5.74, 6) is -0.247. The van der Waals surface area contributed by atoms with Crippen molar-refractivity contribution >= 4 is 38.7 Å². The molecule has 1 saturated carbocycles. The molecule has 0 saturated heterocycles. The van der Waals surface area contributed by atoms with Crippen molar-refractivity contribution in [2.45, 2.75) is 37.4 Å². The Labute approximate surface area is 164 Å². The van der Waals surface area contributed by atoms with Gasteiger partial charge in [0.05, 0.1) is 15.7 Å². The predicted octanol–water partition coefficient (Wildman–Crippen LogP) is 3.89. The minimum atomic E-state index is -5.65. The molecule has 1 fully saturated rings. The summed E-state index contributed by atoms with van der Waals surface area (Å²) in [5.41, 5.74) is -0.0461.